The standard InChI is InChI=1S/C24H30N2O3/c1-3-22(29-19-15-13-17(2)14-16-19)24(28)26-21-12-8-7-11-20(21)23(27)25-18-9-5-4-6-10-18/h7-8,11-16,18,22H,3-6,9-10H2,1-2H3,(H,25,27)(H,26,28)/t22-/m0/s1. The SMILES string of the molecule is CC[C@H](Oc1ccc(C)cc1)C(=O)Nc1ccccc1C(=O)NC1CCCCC1. The molecule has 2 aromatic rings. The van der Waals surface area contributed by atoms with E-state index in [4.69, 9.17) is 4.74 Å². The maximum absolute atomic E-state index is 12.8. The van der Waals surface area contributed by atoms with Crippen LogP contribution in [0.5, 0.6) is 5.75 Å². The van der Waals surface area contributed by atoms with E-state index in [1.54, 1.807) is 12.1 Å². The summed E-state index contributed by atoms with van der Waals surface area (Å²) in [5.74, 6) is 0.257. The lowest BCUT2D eigenvalue weighted by atomic mass is 9.95. The number of amides is 2. The maximum Gasteiger partial charge on any atom is 0.265 e. The van der Waals surface area contributed by atoms with Crippen molar-refractivity contribution >= 4 is 17.5 Å². The predicted octanol–water partition coefficient (Wildman–Crippen LogP) is 4.85. The van der Waals surface area contributed by atoms with Gasteiger partial charge in [0.1, 0.15) is 5.75 Å². The van der Waals surface area contributed by atoms with Gasteiger partial charge in [0, 0.05) is 6.04 Å². The van der Waals surface area contributed by atoms with E-state index in [1.165, 1.54) is 6.42 Å². The zero-order valence-electron chi connectivity index (χ0n) is 17.2. The monoisotopic (exact) mass is 394 g/mol. The zero-order chi connectivity index (χ0) is 20.6. The summed E-state index contributed by atoms with van der Waals surface area (Å²) >= 11 is 0. The van der Waals surface area contributed by atoms with E-state index in [0.29, 0.717) is 23.4 Å². The average Bonchev–Trinajstić information content (AvgIpc) is 2.74. The molecule has 0 unspecified atom stereocenters. The molecule has 0 aromatic heterocycles. The van der Waals surface area contributed by atoms with Crippen LogP contribution in [0.2, 0.25) is 0 Å². The van der Waals surface area contributed by atoms with E-state index in [-0.39, 0.29) is 17.9 Å². The molecule has 0 aliphatic heterocycles. The summed E-state index contributed by atoms with van der Waals surface area (Å²) in [6.45, 7) is 3.91. The number of aryl methyl sites for hydroxylation is 1. The number of para-hydroxylation sites is 1. The van der Waals surface area contributed by atoms with Gasteiger partial charge in [-0.25, -0.2) is 0 Å². The second-order valence-corrected chi connectivity index (χ2v) is 7.67. The maximum atomic E-state index is 12.8. The second-order valence-electron chi connectivity index (χ2n) is 7.67. The number of rotatable bonds is 7. The third kappa shape index (κ3) is 5.83. The summed E-state index contributed by atoms with van der Waals surface area (Å²) in [4.78, 5) is 25.6. The fourth-order valence-corrected chi connectivity index (χ4v) is 3.62. The molecule has 5 heteroatoms. The van der Waals surface area contributed by atoms with E-state index in [2.05, 4.69) is 10.6 Å². The molecule has 29 heavy (non-hydrogen) atoms. The third-order valence-electron chi connectivity index (χ3n) is 5.33. The van der Waals surface area contributed by atoms with Gasteiger partial charge in [0.05, 0.1) is 11.3 Å². The Morgan fingerprint density at radius 1 is 1.03 bits per heavy atom. The van der Waals surface area contributed by atoms with Gasteiger partial charge in [-0.2, -0.15) is 0 Å². The Hall–Kier alpha value is -2.82. The molecule has 0 saturated heterocycles. The molecule has 0 heterocycles. The van der Waals surface area contributed by atoms with Gasteiger partial charge in [-0.3, -0.25) is 9.59 Å². The number of anilines is 1. The lowest BCUT2D eigenvalue weighted by molar-refractivity contribution is -0.122. The first-order valence-corrected chi connectivity index (χ1v) is 10.5. The Labute approximate surface area is 172 Å². The van der Waals surface area contributed by atoms with Crippen molar-refractivity contribution in [2.45, 2.75) is 64.5 Å². The van der Waals surface area contributed by atoms with Gasteiger partial charge in [0.25, 0.3) is 11.8 Å². The molecule has 5 nitrogen and oxygen atoms in total. The second kappa shape index (κ2) is 10.1. The van der Waals surface area contributed by atoms with E-state index >= 15 is 0 Å². The summed E-state index contributed by atoms with van der Waals surface area (Å²) in [5.41, 5.74) is 2.13. The zero-order valence-corrected chi connectivity index (χ0v) is 17.2. The Morgan fingerprint density at radius 3 is 2.41 bits per heavy atom. The van der Waals surface area contributed by atoms with Crippen molar-refractivity contribution in [3.8, 4) is 5.75 Å². The Balaban J connectivity index is 1.67. The van der Waals surface area contributed by atoms with Crippen LogP contribution < -0.4 is 15.4 Å². The van der Waals surface area contributed by atoms with Gasteiger partial charge >= 0.3 is 0 Å². The van der Waals surface area contributed by atoms with Crippen LogP contribution in [-0.4, -0.2) is 24.0 Å². The first-order chi connectivity index (χ1) is 14.1. The topological polar surface area (TPSA) is 67.4 Å². The van der Waals surface area contributed by atoms with Crippen molar-refractivity contribution in [2.75, 3.05) is 5.32 Å². The summed E-state index contributed by atoms with van der Waals surface area (Å²) in [6.07, 6.45) is 5.46. The number of carbonyl (C=O) groups excluding carboxylic acids is 2. The molecule has 2 amide bonds. The number of hydrogen-bond donors (Lipinski definition) is 2. The molecular weight excluding hydrogens is 364 g/mol. The molecule has 1 aliphatic rings. The average molecular weight is 395 g/mol. The molecule has 0 bridgehead atoms. The van der Waals surface area contributed by atoms with Crippen LogP contribution >= 0.6 is 0 Å². The van der Waals surface area contributed by atoms with Gasteiger partial charge in [-0.05, 0) is 50.5 Å². The van der Waals surface area contributed by atoms with E-state index in [0.717, 1.165) is 31.2 Å². The smallest absolute Gasteiger partial charge is 0.265 e. The quantitative estimate of drug-likeness (QED) is 0.705. The van der Waals surface area contributed by atoms with Crippen molar-refractivity contribution in [1.29, 1.82) is 0 Å². The predicted molar refractivity (Wildman–Crippen MR) is 115 cm³/mol. The van der Waals surface area contributed by atoms with Crippen LogP contribution in [0.1, 0.15) is 61.4 Å². The summed E-state index contributed by atoms with van der Waals surface area (Å²) in [7, 11) is 0. The number of nitrogens with one attached hydrogen (secondary N) is 2. The van der Waals surface area contributed by atoms with E-state index < -0.39 is 6.10 Å². The van der Waals surface area contributed by atoms with E-state index in [9.17, 15) is 9.59 Å². The lowest BCUT2D eigenvalue weighted by Gasteiger charge is -2.23. The van der Waals surface area contributed by atoms with Gasteiger partial charge in [-0.15, -0.1) is 0 Å². The highest BCUT2D eigenvalue weighted by Gasteiger charge is 2.22. The molecule has 1 fully saturated rings. The first-order valence-electron chi connectivity index (χ1n) is 10.5. The fraction of sp³-hybridized carbons (Fsp3) is 0.417. The molecule has 1 atom stereocenters. The highest BCUT2D eigenvalue weighted by atomic mass is 16.5. The van der Waals surface area contributed by atoms with Gasteiger partial charge in [0.2, 0.25) is 0 Å². The summed E-state index contributed by atoms with van der Waals surface area (Å²) in [5, 5.41) is 6.00. The summed E-state index contributed by atoms with van der Waals surface area (Å²) < 4.78 is 5.86. The Morgan fingerprint density at radius 2 is 1.72 bits per heavy atom. The summed E-state index contributed by atoms with van der Waals surface area (Å²) in [6, 6.07) is 15.0. The minimum atomic E-state index is -0.632. The van der Waals surface area contributed by atoms with Crippen LogP contribution in [0, 0.1) is 6.92 Å². The molecule has 2 aromatic carbocycles. The largest absolute Gasteiger partial charge is 0.481 e. The molecule has 0 spiro atoms. The molecule has 1 saturated carbocycles. The highest BCUT2D eigenvalue weighted by Crippen LogP contribution is 2.21. The van der Waals surface area contributed by atoms with Crippen LogP contribution in [-0.2, 0) is 4.79 Å². The number of hydrogen-bond acceptors (Lipinski definition) is 3. The minimum absolute atomic E-state index is 0.139. The van der Waals surface area contributed by atoms with Crippen LogP contribution in [0.15, 0.2) is 48.5 Å². The molecule has 154 valence electrons. The fourth-order valence-electron chi connectivity index (χ4n) is 3.62. The number of ether oxygens (including phenoxy) is 1. The van der Waals surface area contributed by atoms with Gasteiger partial charge in [0.15, 0.2) is 6.10 Å². The van der Waals surface area contributed by atoms with Crippen LogP contribution in [0.3, 0.4) is 0 Å². The third-order valence-corrected chi connectivity index (χ3v) is 5.33. The Kier molecular flexibility index (Phi) is 7.28. The minimum Gasteiger partial charge on any atom is -0.481 e. The van der Waals surface area contributed by atoms with Crippen molar-refractivity contribution in [3.63, 3.8) is 0 Å². The van der Waals surface area contributed by atoms with Gasteiger partial charge in [-0.1, -0.05) is 56.0 Å². The van der Waals surface area contributed by atoms with Crippen LogP contribution in [0.25, 0.3) is 0 Å². The molecule has 1 aliphatic carbocycles. The van der Waals surface area contributed by atoms with Crippen LogP contribution in [0.4, 0.5) is 5.69 Å². The first kappa shape index (κ1) is 20.9. The molecule has 3 rings (SSSR count). The number of benzene rings is 2. The van der Waals surface area contributed by atoms with Crippen molar-refractivity contribution in [3.05, 3.63) is 59.7 Å². The van der Waals surface area contributed by atoms with Crippen molar-refractivity contribution < 1.29 is 14.3 Å². The highest BCUT2D eigenvalue weighted by molar-refractivity contribution is 6.04. The molecular formula is C24H30N2O3. The normalized spacial score (nSPS) is 15.4. The molecule has 0 radical (unpaired) electrons. The Bertz CT molecular complexity index is 826. The van der Waals surface area contributed by atoms with Crippen molar-refractivity contribution in [2.24, 2.45) is 0 Å². The molecule has 2 N–H and O–H groups in total. The lowest BCUT2D eigenvalue weighted by Crippen LogP contribution is -2.37. The van der Waals surface area contributed by atoms with Crippen molar-refractivity contribution in [1.82, 2.24) is 5.32 Å². The number of carbonyl (C=O) groups is 2. The van der Waals surface area contributed by atoms with E-state index in [1.807, 2.05) is 50.2 Å². The van der Waals surface area contributed by atoms with Gasteiger partial charge < -0.3 is 15.4 Å².